The first kappa shape index (κ1) is 26.3. The second kappa shape index (κ2) is 10.7. The highest BCUT2D eigenvalue weighted by molar-refractivity contribution is 6.30. The predicted octanol–water partition coefficient (Wildman–Crippen LogP) is 4.48. The van der Waals surface area contributed by atoms with Crippen molar-refractivity contribution in [2.75, 3.05) is 45.6 Å². The van der Waals surface area contributed by atoms with Crippen LogP contribution in [-0.2, 0) is 4.79 Å². The molecule has 4 rings (SSSR count). The molecule has 0 radical (unpaired) electrons. The van der Waals surface area contributed by atoms with Crippen molar-refractivity contribution in [2.24, 2.45) is 0 Å². The summed E-state index contributed by atoms with van der Waals surface area (Å²) in [6, 6.07) is 13.3. The predicted molar refractivity (Wildman–Crippen MR) is 133 cm³/mol. The van der Waals surface area contributed by atoms with Crippen LogP contribution >= 0.6 is 11.6 Å². The lowest BCUT2D eigenvalue weighted by molar-refractivity contribution is -0.173. The minimum atomic E-state index is -4.69. The second-order valence-electron chi connectivity index (χ2n) is 9.66. The van der Waals surface area contributed by atoms with Gasteiger partial charge in [0, 0.05) is 62.6 Å². The van der Waals surface area contributed by atoms with E-state index in [4.69, 9.17) is 11.6 Å². The number of hydrogen-bond acceptors (Lipinski definition) is 4. The molecule has 2 heterocycles. The first-order valence-electron chi connectivity index (χ1n) is 12.0. The molecule has 2 aromatic rings. The number of nitrogens with one attached hydrogen (secondary N) is 1. The summed E-state index contributed by atoms with van der Waals surface area (Å²) in [7, 11) is 3.43. The van der Waals surface area contributed by atoms with Gasteiger partial charge in [-0.15, -0.1) is 0 Å². The van der Waals surface area contributed by atoms with Gasteiger partial charge in [-0.05, 0) is 54.8 Å². The van der Waals surface area contributed by atoms with Crippen molar-refractivity contribution in [1.82, 2.24) is 14.7 Å². The second-order valence-corrected chi connectivity index (χ2v) is 10.1. The maximum atomic E-state index is 13.8. The summed E-state index contributed by atoms with van der Waals surface area (Å²) in [6.45, 7) is 2.24. The maximum Gasteiger partial charge on any atom is 0.404 e. The molecular weight excluding hydrogens is 493 g/mol. The number of likely N-dealkylation sites (tertiary alicyclic amines) is 2. The molecule has 2 aliphatic rings. The molecular formula is C26H30ClF3N4O2. The van der Waals surface area contributed by atoms with E-state index >= 15 is 0 Å². The molecule has 2 amide bonds. The van der Waals surface area contributed by atoms with Crippen molar-refractivity contribution in [2.45, 2.75) is 37.0 Å². The standard InChI is InChI=1S/C26H30ClF3N4O2/c1-32(2)24(35)17-6-8-20(9-7-17)31-21-15-34(16-21)22-10-12-33(13-11-22)25(36)23(26(28,29)30)18-4-3-5-19(27)14-18/h3-9,14,21-23,31H,10-13,15-16H2,1-2H3/t23-/m0/s1. The number of hydrogen-bond donors (Lipinski definition) is 1. The maximum absolute atomic E-state index is 13.8. The smallest absolute Gasteiger partial charge is 0.380 e. The summed E-state index contributed by atoms with van der Waals surface area (Å²) < 4.78 is 41.4. The molecule has 6 nitrogen and oxygen atoms in total. The summed E-state index contributed by atoms with van der Waals surface area (Å²) in [4.78, 5) is 30.1. The Bertz CT molecular complexity index is 1080. The zero-order valence-electron chi connectivity index (χ0n) is 20.3. The van der Waals surface area contributed by atoms with E-state index in [0.29, 0.717) is 31.5 Å². The van der Waals surface area contributed by atoms with Gasteiger partial charge in [0.1, 0.15) is 0 Å². The average molecular weight is 523 g/mol. The zero-order valence-corrected chi connectivity index (χ0v) is 21.0. The zero-order chi connectivity index (χ0) is 26.0. The Morgan fingerprint density at radius 3 is 2.25 bits per heavy atom. The Labute approximate surface area is 214 Å². The van der Waals surface area contributed by atoms with Gasteiger partial charge >= 0.3 is 6.18 Å². The van der Waals surface area contributed by atoms with E-state index < -0.39 is 18.0 Å². The third-order valence-corrected chi connectivity index (χ3v) is 7.10. The highest BCUT2D eigenvalue weighted by Gasteiger charge is 2.48. The van der Waals surface area contributed by atoms with Crippen molar-refractivity contribution < 1.29 is 22.8 Å². The molecule has 0 unspecified atom stereocenters. The molecule has 194 valence electrons. The van der Waals surface area contributed by atoms with Crippen molar-refractivity contribution in [1.29, 1.82) is 0 Å². The van der Waals surface area contributed by atoms with Crippen LogP contribution in [0.3, 0.4) is 0 Å². The van der Waals surface area contributed by atoms with Crippen LogP contribution in [0.2, 0.25) is 5.02 Å². The number of halogens is 4. The Hall–Kier alpha value is -2.78. The summed E-state index contributed by atoms with van der Waals surface area (Å²) in [5, 5.41) is 3.63. The van der Waals surface area contributed by atoms with Crippen LogP contribution in [0.15, 0.2) is 48.5 Å². The average Bonchev–Trinajstić information content (AvgIpc) is 2.80. The number of nitrogens with zero attached hydrogens (tertiary/aromatic N) is 3. The fourth-order valence-electron chi connectivity index (χ4n) is 4.90. The lowest BCUT2D eigenvalue weighted by Crippen LogP contribution is -2.60. The number of anilines is 1. The summed E-state index contributed by atoms with van der Waals surface area (Å²) >= 11 is 5.88. The Kier molecular flexibility index (Phi) is 7.80. The molecule has 0 bridgehead atoms. The van der Waals surface area contributed by atoms with E-state index in [0.717, 1.165) is 18.8 Å². The molecule has 10 heteroatoms. The van der Waals surface area contributed by atoms with Gasteiger partial charge in [0.05, 0.1) is 6.04 Å². The van der Waals surface area contributed by atoms with Crippen molar-refractivity contribution >= 4 is 29.1 Å². The molecule has 36 heavy (non-hydrogen) atoms. The molecule has 1 atom stereocenters. The normalized spacial score (nSPS) is 18.4. The topological polar surface area (TPSA) is 55.9 Å². The van der Waals surface area contributed by atoms with Gasteiger partial charge < -0.3 is 15.1 Å². The first-order chi connectivity index (χ1) is 17.0. The van der Waals surface area contributed by atoms with Gasteiger partial charge in [0.2, 0.25) is 5.91 Å². The highest BCUT2D eigenvalue weighted by Crippen LogP contribution is 2.38. The summed E-state index contributed by atoms with van der Waals surface area (Å²) in [6.07, 6.45) is -3.41. The lowest BCUT2D eigenvalue weighted by atomic mass is 9.93. The van der Waals surface area contributed by atoms with Gasteiger partial charge in [-0.3, -0.25) is 14.5 Å². The summed E-state index contributed by atoms with van der Waals surface area (Å²) in [5.74, 6) is -3.16. The molecule has 0 aliphatic carbocycles. The number of piperidine rings is 1. The van der Waals surface area contributed by atoms with Crippen LogP contribution in [0, 0.1) is 0 Å². The van der Waals surface area contributed by atoms with E-state index in [1.54, 1.807) is 26.2 Å². The van der Waals surface area contributed by atoms with Crippen molar-refractivity contribution in [3.05, 3.63) is 64.7 Å². The van der Waals surface area contributed by atoms with Crippen LogP contribution < -0.4 is 5.32 Å². The fraction of sp³-hybridized carbons (Fsp3) is 0.462. The molecule has 0 aromatic heterocycles. The number of carbonyl (C=O) groups is 2. The van der Waals surface area contributed by atoms with Gasteiger partial charge in [0.15, 0.2) is 5.92 Å². The van der Waals surface area contributed by atoms with Crippen molar-refractivity contribution in [3.8, 4) is 0 Å². The number of rotatable bonds is 6. The Balaban J connectivity index is 1.27. The van der Waals surface area contributed by atoms with E-state index in [-0.39, 0.29) is 28.6 Å². The van der Waals surface area contributed by atoms with Crippen LogP contribution in [-0.4, -0.2) is 85.0 Å². The van der Waals surface area contributed by atoms with Gasteiger partial charge in [-0.2, -0.15) is 13.2 Å². The molecule has 2 aromatic carbocycles. The van der Waals surface area contributed by atoms with Crippen molar-refractivity contribution in [3.63, 3.8) is 0 Å². The molecule has 1 N–H and O–H groups in total. The third-order valence-electron chi connectivity index (χ3n) is 6.87. The monoisotopic (exact) mass is 522 g/mol. The SMILES string of the molecule is CN(C)C(=O)c1ccc(NC2CN(C3CCN(C(=O)[C@H](c4cccc(Cl)c4)C(F)(F)F)CC3)C2)cc1. The minimum absolute atomic E-state index is 0.0460. The van der Waals surface area contributed by atoms with Crippen LogP contribution in [0.5, 0.6) is 0 Å². The first-order valence-corrected chi connectivity index (χ1v) is 12.3. The Morgan fingerprint density at radius 2 is 1.69 bits per heavy atom. The lowest BCUT2D eigenvalue weighted by Gasteiger charge is -2.47. The largest absolute Gasteiger partial charge is 0.404 e. The fourth-order valence-corrected chi connectivity index (χ4v) is 5.10. The van der Waals surface area contributed by atoms with Gasteiger partial charge in [-0.1, -0.05) is 23.7 Å². The molecule has 2 saturated heterocycles. The molecule has 2 fully saturated rings. The molecule has 0 saturated carbocycles. The van der Waals surface area contributed by atoms with Gasteiger partial charge in [-0.25, -0.2) is 0 Å². The van der Waals surface area contributed by atoms with Gasteiger partial charge in [0.25, 0.3) is 5.91 Å². The van der Waals surface area contributed by atoms with Crippen LogP contribution in [0.1, 0.15) is 34.7 Å². The minimum Gasteiger partial charge on any atom is -0.380 e. The van der Waals surface area contributed by atoms with E-state index in [2.05, 4.69) is 10.2 Å². The van der Waals surface area contributed by atoms with Crippen LogP contribution in [0.25, 0.3) is 0 Å². The van der Waals surface area contributed by atoms with Crippen LogP contribution in [0.4, 0.5) is 18.9 Å². The number of benzene rings is 2. The Morgan fingerprint density at radius 1 is 1.06 bits per heavy atom. The highest BCUT2D eigenvalue weighted by atomic mass is 35.5. The quantitative estimate of drug-likeness (QED) is 0.608. The third kappa shape index (κ3) is 5.95. The molecule has 2 aliphatic heterocycles. The van der Waals surface area contributed by atoms with E-state index in [9.17, 15) is 22.8 Å². The van der Waals surface area contributed by atoms with E-state index in [1.165, 1.54) is 34.1 Å². The van der Waals surface area contributed by atoms with E-state index in [1.807, 2.05) is 12.1 Å². The summed E-state index contributed by atoms with van der Waals surface area (Å²) in [5.41, 5.74) is 1.44. The number of amides is 2. The number of alkyl halides is 3. The molecule has 0 spiro atoms. The number of carbonyl (C=O) groups excluding carboxylic acids is 2.